The molecular weight excluding hydrogens is 441 g/mol. The standard InChI is InChI=1S/C24H16ClF3N2O2/c1-14-18(25)8-5-9-19(14)29-21-20(15-6-3-2-4-7-15)22(31)30(23(21)32)17-12-10-16(11-13-17)24(26,27)28/h2-13,29H,1H3. The van der Waals surface area contributed by atoms with Gasteiger partial charge in [0, 0.05) is 10.7 Å². The molecule has 3 aromatic carbocycles. The van der Waals surface area contributed by atoms with Crippen LogP contribution in [0, 0.1) is 6.92 Å². The van der Waals surface area contributed by atoms with Crippen molar-refractivity contribution in [2.45, 2.75) is 13.1 Å². The molecule has 0 aliphatic carbocycles. The van der Waals surface area contributed by atoms with Crippen molar-refractivity contribution < 1.29 is 22.8 Å². The van der Waals surface area contributed by atoms with Gasteiger partial charge in [-0.3, -0.25) is 9.59 Å². The number of nitrogens with zero attached hydrogens (tertiary/aromatic N) is 1. The van der Waals surface area contributed by atoms with Crippen LogP contribution in [0.15, 0.2) is 78.5 Å². The molecule has 8 heteroatoms. The first-order chi connectivity index (χ1) is 15.2. The monoisotopic (exact) mass is 456 g/mol. The van der Waals surface area contributed by atoms with Gasteiger partial charge in [0.15, 0.2) is 0 Å². The molecule has 0 spiro atoms. The van der Waals surface area contributed by atoms with Crippen molar-refractivity contribution in [1.82, 2.24) is 0 Å². The number of imide groups is 1. The smallest absolute Gasteiger partial charge is 0.350 e. The normalized spacial score (nSPS) is 14.3. The maximum absolute atomic E-state index is 13.3. The van der Waals surface area contributed by atoms with Crippen LogP contribution in [0.2, 0.25) is 5.02 Å². The molecule has 0 radical (unpaired) electrons. The van der Waals surface area contributed by atoms with Crippen molar-refractivity contribution in [2.24, 2.45) is 0 Å². The van der Waals surface area contributed by atoms with Crippen LogP contribution in [0.1, 0.15) is 16.7 Å². The lowest BCUT2D eigenvalue weighted by atomic mass is 10.0. The molecule has 2 amide bonds. The Morgan fingerprint density at radius 3 is 2.12 bits per heavy atom. The second-order valence-electron chi connectivity index (χ2n) is 7.14. The molecule has 0 bridgehead atoms. The zero-order chi connectivity index (χ0) is 23.0. The van der Waals surface area contributed by atoms with Crippen LogP contribution >= 0.6 is 11.6 Å². The van der Waals surface area contributed by atoms with Gasteiger partial charge in [0.2, 0.25) is 0 Å². The number of halogens is 4. The van der Waals surface area contributed by atoms with Gasteiger partial charge in [-0.1, -0.05) is 48.0 Å². The molecule has 4 nitrogen and oxygen atoms in total. The van der Waals surface area contributed by atoms with Gasteiger partial charge in [-0.2, -0.15) is 13.2 Å². The van der Waals surface area contributed by atoms with E-state index in [-0.39, 0.29) is 17.0 Å². The summed E-state index contributed by atoms with van der Waals surface area (Å²) < 4.78 is 38.8. The number of benzene rings is 3. The molecule has 3 aromatic rings. The molecule has 0 unspecified atom stereocenters. The minimum atomic E-state index is -4.53. The Bertz CT molecular complexity index is 1240. The summed E-state index contributed by atoms with van der Waals surface area (Å²) in [5.41, 5.74) is 1.04. The maximum atomic E-state index is 13.3. The van der Waals surface area contributed by atoms with Crippen LogP contribution < -0.4 is 10.2 Å². The Morgan fingerprint density at radius 2 is 1.50 bits per heavy atom. The van der Waals surface area contributed by atoms with Crippen LogP contribution in [0.25, 0.3) is 5.57 Å². The summed E-state index contributed by atoms with van der Waals surface area (Å²) in [5, 5.41) is 3.50. The van der Waals surface area contributed by atoms with E-state index in [0.717, 1.165) is 29.2 Å². The molecule has 32 heavy (non-hydrogen) atoms. The molecule has 4 rings (SSSR count). The highest BCUT2D eigenvalue weighted by molar-refractivity contribution is 6.46. The number of hydrogen-bond donors (Lipinski definition) is 1. The summed E-state index contributed by atoms with van der Waals surface area (Å²) in [5.74, 6) is -1.31. The highest BCUT2D eigenvalue weighted by atomic mass is 35.5. The van der Waals surface area contributed by atoms with E-state index in [1.807, 2.05) is 0 Å². The number of anilines is 2. The summed E-state index contributed by atoms with van der Waals surface area (Å²) in [6, 6.07) is 17.6. The van der Waals surface area contributed by atoms with Crippen molar-refractivity contribution in [2.75, 3.05) is 10.2 Å². The number of amides is 2. The predicted molar refractivity (Wildman–Crippen MR) is 117 cm³/mol. The minimum absolute atomic E-state index is 0.0199. The first-order valence-electron chi connectivity index (χ1n) is 9.56. The van der Waals surface area contributed by atoms with E-state index in [0.29, 0.717) is 21.8 Å². The Hall–Kier alpha value is -3.58. The number of carbonyl (C=O) groups is 2. The molecule has 1 aliphatic heterocycles. The zero-order valence-electron chi connectivity index (χ0n) is 16.7. The number of rotatable bonds is 4. The van der Waals surface area contributed by atoms with Crippen molar-refractivity contribution in [1.29, 1.82) is 0 Å². The lowest BCUT2D eigenvalue weighted by Gasteiger charge is -2.17. The van der Waals surface area contributed by atoms with Crippen LogP contribution in [0.3, 0.4) is 0 Å². The summed E-state index contributed by atoms with van der Waals surface area (Å²) in [7, 11) is 0. The maximum Gasteiger partial charge on any atom is 0.416 e. The second-order valence-corrected chi connectivity index (χ2v) is 7.55. The fraction of sp³-hybridized carbons (Fsp3) is 0.0833. The highest BCUT2D eigenvalue weighted by Gasteiger charge is 2.41. The van der Waals surface area contributed by atoms with Crippen LogP contribution in [0.4, 0.5) is 24.5 Å². The molecule has 0 saturated carbocycles. The van der Waals surface area contributed by atoms with Gasteiger partial charge in [0.25, 0.3) is 11.8 Å². The first kappa shape index (κ1) is 21.6. The number of carbonyl (C=O) groups excluding carboxylic acids is 2. The van der Waals surface area contributed by atoms with E-state index in [1.165, 1.54) is 0 Å². The lowest BCUT2D eigenvalue weighted by Crippen LogP contribution is -2.32. The Balaban J connectivity index is 1.79. The number of hydrogen-bond acceptors (Lipinski definition) is 3. The third-order valence-electron chi connectivity index (χ3n) is 5.13. The van der Waals surface area contributed by atoms with Gasteiger partial charge >= 0.3 is 6.18 Å². The Kier molecular flexibility index (Phi) is 5.52. The van der Waals surface area contributed by atoms with E-state index in [2.05, 4.69) is 5.32 Å². The van der Waals surface area contributed by atoms with E-state index in [1.54, 1.807) is 55.5 Å². The minimum Gasteiger partial charge on any atom is -0.350 e. The van der Waals surface area contributed by atoms with Gasteiger partial charge in [0.1, 0.15) is 5.70 Å². The third-order valence-corrected chi connectivity index (χ3v) is 5.54. The SMILES string of the molecule is Cc1c(Cl)cccc1NC1=C(c2ccccc2)C(=O)N(c2ccc(C(F)(F)F)cc2)C1=O. The van der Waals surface area contributed by atoms with E-state index < -0.39 is 23.6 Å². The average molecular weight is 457 g/mol. The molecule has 1 aliphatic rings. The van der Waals surface area contributed by atoms with E-state index in [4.69, 9.17) is 11.6 Å². The second kappa shape index (κ2) is 8.16. The van der Waals surface area contributed by atoms with Crippen LogP contribution in [-0.2, 0) is 15.8 Å². The number of alkyl halides is 3. The summed E-state index contributed by atoms with van der Waals surface area (Å²) in [6.07, 6.45) is -4.53. The highest BCUT2D eigenvalue weighted by Crippen LogP contribution is 2.36. The predicted octanol–water partition coefficient (Wildman–Crippen LogP) is 6.06. The molecular formula is C24H16ClF3N2O2. The Morgan fingerprint density at radius 1 is 0.844 bits per heavy atom. The largest absolute Gasteiger partial charge is 0.416 e. The van der Waals surface area contributed by atoms with E-state index in [9.17, 15) is 22.8 Å². The molecule has 0 atom stereocenters. The fourth-order valence-corrected chi connectivity index (χ4v) is 3.60. The molecule has 162 valence electrons. The quantitative estimate of drug-likeness (QED) is 0.485. The Labute approximate surface area is 186 Å². The molecule has 0 fully saturated rings. The first-order valence-corrected chi connectivity index (χ1v) is 9.94. The fourth-order valence-electron chi connectivity index (χ4n) is 3.43. The lowest BCUT2D eigenvalue weighted by molar-refractivity contribution is -0.137. The summed E-state index contributed by atoms with van der Waals surface area (Å²) >= 11 is 6.18. The van der Waals surface area contributed by atoms with Crippen LogP contribution in [-0.4, -0.2) is 11.8 Å². The third kappa shape index (κ3) is 3.87. The summed E-state index contributed by atoms with van der Waals surface area (Å²) in [4.78, 5) is 27.5. The van der Waals surface area contributed by atoms with Crippen molar-refractivity contribution >= 4 is 40.4 Å². The van der Waals surface area contributed by atoms with E-state index >= 15 is 0 Å². The van der Waals surface area contributed by atoms with Crippen molar-refractivity contribution in [3.05, 3.63) is 100 Å². The average Bonchev–Trinajstić information content (AvgIpc) is 3.01. The molecule has 1 heterocycles. The van der Waals surface area contributed by atoms with Gasteiger partial charge in [-0.15, -0.1) is 0 Å². The van der Waals surface area contributed by atoms with Crippen molar-refractivity contribution in [3.8, 4) is 0 Å². The molecule has 0 aromatic heterocycles. The summed E-state index contributed by atoms with van der Waals surface area (Å²) in [6.45, 7) is 1.77. The molecule has 1 N–H and O–H groups in total. The van der Waals surface area contributed by atoms with Gasteiger partial charge in [0.05, 0.1) is 16.8 Å². The van der Waals surface area contributed by atoms with Crippen molar-refractivity contribution in [3.63, 3.8) is 0 Å². The van der Waals surface area contributed by atoms with Crippen LogP contribution in [0.5, 0.6) is 0 Å². The van der Waals surface area contributed by atoms with Gasteiger partial charge in [-0.25, -0.2) is 4.90 Å². The van der Waals surface area contributed by atoms with Gasteiger partial charge in [-0.05, 0) is 54.4 Å². The topological polar surface area (TPSA) is 49.4 Å². The molecule has 0 saturated heterocycles. The zero-order valence-corrected chi connectivity index (χ0v) is 17.5. The van der Waals surface area contributed by atoms with Gasteiger partial charge < -0.3 is 5.32 Å². The number of nitrogens with one attached hydrogen (secondary N) is 1.